The summed E-state index contributed by atoms with van der Waals surface area (Å²) in [6.07, 6.45) is 2.43. The molecule has 2 rings (SSSR count). The van der Waals surface area contributed by atoms with Crippen LogP contribution in [0, 0.1) is 0 Å². The highest BCUT2D eigenvalue weighted by molar-refractivity contribution is 5.62. The molecule has 1 aromatic carbocycles. The van der Waals surface area contributed by atoms with E-state index in [4.69, 9.17) is 10.6 Å². The molecule has 6 nitrogen and oxygen atoms in total. The average Bonchev–Trinajstić information content (AvgIpc) is 2.55. The van der Waals surface area contributed by atoms with Gasteiger partial charge in [-0.1, -0.05) is 37.3 Å². The van der Waals surface area contributed by atoms with Crippen LogP contribution in [0.15, 0.2) is 36.7 Å². The van der Waals surface area contributed by atoms with Gasteiger partial charge in [-0.25, -0.2) is 15.8 Å². The number of anilines is 2. The van der Waals surface area contributed by atoms with Crippen molar-refractivity contribution in [2.45, 2.75) is 19.3 Å². The lowest BCUT2D eigenvalue weighted by Gasteiger charge is -2.15. The Labute approximate surface area is 124 Å². The number of ether oxygens (including phenoxy) is 1. The monoisotopic (exact) mass is 287 g/mol. The molecular weight excluding hydrogens is 266 g/mol. The molecule has 0 bridgehead atoms. The molecule has 1 aromatic heterocycles. The van der Waals surface area contributed by atoms with Gasteiger partial charge in [0.2, 0.25) is 5.75 Å². The van der Waals surface area contributed by atoms with Crippen molar-refractivity contribution in [2.24, 2.45) is 5.84 Å². The maximum absolute atomic E-state index is 5.40. The van der Waals surface area contributed by atoms with Crippen LogP contribution in [-0.4, -0.2) is 23.6 Å². The predicted molar refractivity (Wildman–Crippen MR) is 84.4 cm³/mol. The first-order valence-electron chi connectivity index (χ1n) is 6.90. The largest absolute Gasteiger partial charge is 0.490 e. The fourth-order valence-electron chi connectivity index (χ4n) is 2.15. The number of hydrazine groups is 1. The van der Waals surface area contributed by atoms with E-state index in [0.29, 0.717) is 23.3 Å². The van der Waals surface area contributed by atoms with Gasteiger partial charge in [0.1, 0.15) is 6.33 Å². The van der Waals surface area contributed by atoms with Crippen molar-refractivity contribution in [2.75, 3.05) is 24.4 Å². The van der Waals surface area contributed by atoms with Crippen molar-refractivity contribution < 1.29 is 4.74 Å². The van der Waals surface area contributed by atoms with Crippen LogP contribution >= 0.6 is 0 Å². The Balaban J connectivity index is 1.95. The lowest BCUT2D eigenvalue weighted by Crippen LogP contribution is -2.13. The van der Waals surface area contributed by atoms with E-state index in [-0.39, 0.29) is 0 Å². The van der Waals surface area contributed by atoms with Crippen LogP contribution in [0.3, 0.4) is 0 Å². The van der Waals surface area contributed by atoms with E-state index >= 15 is 0 Å². The van der Waals surface area contributed by atoms with E-state index in [9.17, 15) is 0 Å². The second-order valence-corrected chi connectivity index (χ2v) is 4.78. The van der Waals surface area contributed by atoms with E-state index in [1.807, 2.05) is 6.07 Å². The van der Waals surface area contributed by atoms with Crippen LogP contribution in [-0.2, 0) is 0 Å². The summed E-state index contributed by atoms with van der Waals surface area (Å²) >= 11 is 0. The fraction of sp³-hybridized carbons (Fsp3) is 0.333. The molecule has 21 heavy (non-hydrogen) atoms. The fourth-order valence-corrected chi connectivity index (χ4v) is 2.15. The maximum atomic E-state index is 5.40. The van der Waals surface area contributed by atoms with E-state index < -0.39 is 0 Å². The minimum atomic E-state index is 0.464. The summed E-state index contributed by atoms with van der Waals surface area (Å²) in [5.41, 5.74) is 3.83. The minimum Gasteiger partial charge on any atom is -0.490 e. The summed E-state index contributed by atoms with van der Waals surface area (Å²) in [5.74, 6) is 7.50. The standard InChI is InChI=1S/C15H21N5O/c1-11(12-6-4-3-5-7-12)8-9-17-14-13(21-2)15(20-16)19-10-18-14/h3-7,10-11H,8-9,16H2,1-2H3,(H2,17,18,19,20). The van der Waals surface area contributed by atoms with Crippen LogP contribution in [0.1, 0.15) is 24.8 Å². The zero-order chi connectivity index (χ0) is 15.1. The number of benzene rings is 1. The maximum Gasteiger partial charge on any atom is 0.205 e. The first kappa shape index (κ1) is 15.1. The van der Waals surface area contributed by atoms with Gasteiger partial charge in [-0.15, -0.1) is 0 Å². The van der Waals surface area contributed by atoms with Gasteiger partial charge < -0.3 is 15.5 Å². The lowest BCUT2D eigenvalue weighted by atomic mass is 9.98. The van der Waals surface area contributed by atoms with Gasteiger partial charge in [0, 0.05) is 6.54 Å². The van der Waals surface area contributed by atoms with Gasteiger partial charge in [-0.3, -0.25) is 0 Å². The molecule has 0 saturated heterocycles. The van der Waals surface area contributed by atoms with Crippen LogP contribution in [0.4, 0.5) is 11.6 Å². The molecule has 0 amide bonds. The number of nitrogens with zero attached hydrogens (tertiary/aromatic N) is 2. The Bertz CT molecular complexity index is 561. The smallest absolute Gasteiger partial charge is 0.205 e. The van der Waals surface area contributed by atoms with E-state index in [1.165, 1.54) is 11.9 Å². The Morgan fingerprint density at radius 2 is 1.90 bits per heavy atom. The molecule has 0 aliphatic carbocycles. The number of nitrogens with two attached hydrogens (primary N) is 1. The van der Waals surface area contributed by atoms with Gasteiger partial charge in [0.25, 0.3) is 0 Å². The zero-order valence-corrected chi connectivity index (χ0v) is 12.3. The number of nitrogens with one attached hydrogen (secondary N) is 2. The van der Waals surface area contributed by atoms with E-state index in [0.717, 1.165) is 13.0 Å². The molecule has 4 N–H and O–H groups in total. The number of nitrogen functional groups attached to an aromatic ring is 1. The van der Waals surface area contributed by atoms with Crippen LogP contribution in [0.5, 0.6) is 5.75 Å². The second kappa shape index (κ2) is 7.44. The highest BCUT2D eigenvalue weighted by Crippen LogP contribution is 2.28. The van der Waals surface area contributed by atoms with Crippen molar-refractivity contribution in [3.05, 3.63) is 42.2 Å². The summed E-state index contributed by atoms with van der Waals surface area (Å²) in [6, 6.07) is 10.4. The van der Waals surface area contributed by atoms with Crippen LogP contribution in [0.2, 0.25) is 0 Å². The summed E-state index contributed by atoms with van der Waals surface area (Å²) in [6.45, 7) is 2.99. The molecule has 0 aliphatic heterocycles. The molecule has 112 valence electrons. The molecule has 0 spiro atoms. The van der Waals surface area contributed by atoms with Crippen molar-refractivity contribution in [1.82, 2.24) is 9.97 Å². The molecule has 0 saturated carbocycles. The molecule has 2 aromatic rings. The highest BCUT2D eigenvalue weighted by atomic mass is 16.5. The summed E-state index contributed by atoms with van der Waals surface area (Å²) in [5, 5.41) is 3.27. The van der Waals surface area contributed by atoms with Gasteiger partial charge in [-0.2, -0.15) is 0 Å². The van der Waals surface area contributed by atoms with E-state index in [1.54, 1.807) is 7.11 Å². The normalized spacial score (nSPS) is 11.8. The van der Waals surface area contributed by atoms with Crippen molar-refractivity contribution in [3.8, 4) is 5.75 Å². The first-order valence-corrected chi connectivity index (χ1v) is 6.90. The first-order chi connectivity index (χ1) is 10.3. The number of hydrogen-bond donors (Lipinski definition) is 3. The van der Waals surface area contributed by atoms with Crippen molar-refractivity contribution in [1.29, 1.82) is 0 Å². The van der Waals surface area contributed by atoms with Gasteiger partial charge in [-0.05, 0) is 17.9 Å². The Kier molecular flexibility index (Phi) is 5.34. The van der Waals surface area contributed by atoms with Crippen molar-refractivity contribution >= 4 is 11.6 Å². The van der Waals surface area contributed by atoms with Gasteiger partial charge >= 0.3 is 0 Å². The minimum absolute atomic E-state index is 0.464. The molecule has 6 heteroatoms. The van der Waals surface area contributed by atoms with Gasteiger partial charge in [0.15, 0.2) is 11.6 Å². The predicted octanol–water partition coefficient (Wildman–Crippen LogP) is 2.38. The lowest BCUT2D eigenvalue weighted by molar-refractivity contribution is 0.414. The summed E-state index contributed by atoms with van der Waals surface area (Å²) in [7, 11) is 1.57. The third kappa shape index (κ3) is 3.82. The van der Waals surface area contributed by atoms with Crippen LogP contribution < -0.4 is 21.3 Å². The SMILES string of the molecule is COc1c(NN)ncnc1NCCC(C)c1ccccc1. The molecule has 1 heterocycles. The number of rotatable bonds is 7. The number of methoxy groups -OCH3 is 1. The topological polar surface area (TPSA) is 85.1 Å². The molecule has 1 unspecified atom stereocenters. The molecule has 0 aliphatic rings. The van der Waals surface area contributed by atoms with Crippen molar-refractivity contribution in [3.63, 3.8) is 0 Å². The molecule has 0 radical (unpaired) electrons. The number of hydrogen-bond acceptors (Lipinski definition) is 6. The molecule has 0 fully saturated rings. The molecular formula is C15H21N5O. The summed E-state index contributed by atoms with van der Waals surface area (Å²) in [4.78, 5) is 8.19. The number of aromatic nitrogens is 2. The average molecular weight is 287 g/mol. The Morgan fingerprint density at radius 3 is 2.57 bits per heavy atom. The Morgan fingerprint density at radius 1 is 1.19 bits per heavy atom. The third-order valence-electron chi connectivity index (χ3n) is 3.38. The quantitative estimate of drug-likeness (QED) is 0.535. The molecule has 1 atom stereocenters. The summed E-state index contributed by atoms with van der Waals surface area (Å²) < 4.78 is 5.28. The Hall–Kier alpha value is -2.34. The van der Waals surface area contributed by atoms with Gasteiger partial charge in [0.05, 0.1) is 7.11 Å². The second-order valence-electron chi connectivity index (χ2n) is 4.78. The third-order valence-corrected chi connectivity index (χ3v) is 3.38. The highest BCUT2D eigenvalue weighted by Gasteiger charge is 2.11. The van der Waals surface area contributed by atoms with E-state index in [2.05, 4.69) is 51.9 Å². The van der Waals surface area contributed by atoms with Crippen LogP contribution in [0.25, 0.3) is 0 Å². The zero-order valence-electron chi connectivity index (χ0n) is 12.3.